The molecule has 1 aromatic rings. The van der Waals surface area contributed by atoms with Gasteiger partial charge in [-0.05, 0) is 62.1 Å². The van der Waals surface area contributed by atoms with Crippen LogP contribution in [0.25, 0.3) is 0 Å². The van der Waals surface area contributed by atoms with Crippen molar-refractivity contribution in [1.82, 2.24) is 10.6 Å². The fraction of sp³-hybridized carbons (Fsp3) is 0.550. The molecule has 8 heteroatoms. The van der Waals surface area contributed by atoms with E-state index in [0.29, 0.717) is 11.8 Å². The SMILES string of the molecule is COC(=O)c1ccc(OCC(=O)NC(=O)NC(C)C2CC3CCC2C3)c(Cl)c1. The number of carbonyl (C=O) groups is 3. The molecule has 2 fully saturated rings. The molecule has 4 unspecified atom stereocenters. The van der Waals surface area contributed by atoms with Crippen LogP contribution in [0.15, 0.2) is 18.2 Å². The lowest BCUT2D eigenvalue weighted by Gasteiger charge is -2.28. The van der Waals surface area contributed by atoms with Gasteiger partial charge in [0, 0.05) is 6.04 Å². The Bertz CT molecular complexity index is 769. The molecular formula is C20H25ClN2O5. The van der Waals surface area contributed by atoms with E-state index in [2.05, 4.69) is 15.4 Å². The molecule has 0 saturated heterocycles. The number of esters is 1. The second-order valence-corrected chi connectivity index (χ2v) is 7.98. The summed E-state index contributed by atoms with van der Waals surface area (Å²) >= 11 is 6.05. The molecule has 0 aliphatic heterocycles. The second kappa shape index (κ2) is 8.82. The largest absolute Gasteiger partial charge is 0.482 e. The second-order valence-electron chi connectivity index (χ2n) is 7.57. The van der Waals surface area contributed by atoms with Gasteiger partial charge in [0.05, 0.1) is 17.7 Å². The number of nitrogens with one attached hydrogen (secondary N) is 2. The number of ether oxygens (including phenoxy) is 2. The van der Waals surface area contributed by atoms with Crippen LogP contribution in [-0.4, -0.2) is 37.7 Å². The maximum absolute atomic E-state index is 12.1. The monoisotopic (exact) mass is 408 g/mol. The van der Waals surface area contributed by atoms with E-state index in [1.807, 2.05) is 6.92 Å². The molecule has 2 aliphatic rings. The molecule has 0 heterocycles. The van der Waals surface area contributed by atoms with E-state index >= 15 is 0 Å². The predicted molar refractivity (Wildman–Crippen MR) is 103 cm³/mol. The highest BCUT2D eigenvalue weighted by Crippen LogP contribution is 2.49. The Morgan fingerprint density at radius 3 is 2.64 bits per heavy atom. The molecular weight excluding hydrogens is 384 g/mol. The molecule has 2 saturated carbocycles. The van der Waals surface area contributed by atoms with Crippen molar-refractivity contribution in [2.24, 2.45) is 17.8 Å². The molecule has 4 atom stereocenters. The van der Waals surface area contributed by atoms with Gasteiger partial charge >= 0.3 is 12.0 Å². The lowest BCUT2D eigenvalue weighted by molar-refractivity contribution is -0.122. The zero-order chi connectivity index (χ0) is 20.3. The Morgan fingerprint density at radius 1 is 1.25 bits per heavy atom. The maximum atomic E-state index is 12.1. The third-order valence-electron chi connectivity index (χ3n) is 5.76. The van der Waals surface area contributed by atoms with Crippen molar-refractivity contribution in [2.75, 3.05) is 13.7 Å². The molecule has 2 aliphatic carbocycles. The van der Waals surface area contributed by atoms with Crippen LogP contribution in [0.2, 0.25) is 5.02 Å². The maximum Gasteiger partial charge on any atom is 0.337 e. The number of hydrogen-bond donors (Lipinski definition) is 2. The van der Waals surface area contributed by atoms with Crippen LogP contribution in [0.5, 0.6) is 5.75 Å². The average Bonchev–Trinajstić information content (AvgIpc) is 3.29. The van der Waals surface area contributed by atoms with E-state index in [-0.39, 0.29) is 29.0 Å². The van der Waals surface area contributed by atoms with Gasteiger partial charge in [0.2, 0.25) is 0 Å². The van der Waals surface area contributed by atoms with Gasteiger partial charge in [-0.2, -0.15) is 0 Å². The minimum Gasteiger partial charge on any atom is -0.482 e. The summed E-state index contributed by atoms with van der Waals surface area (Å²) in [4.78, 5) is 35.5. The van der Waals surface area contributed by atoms with Crippen molar-refractivity contribution >= 4 is 29.5 Å². The molecule has 0 radical (unpaired) electrons. The first kappa shape index (κ1) is 20.5. The molecule has 0 spiro atoms. The van der Waals surface area contributed by atoms with E-state index in [1.54, 1.807) is 0 Å². The summed E-state index contributed by atoms with van der Waals surface area (Å²) in [7, 11) is 1.27. The van der Waals surface area contributed by atoms with Crippen molar-refractivity contribution in [1.29, 1.82) is 0 Å². The molecule has 7 nitrogen and oxygen atoms in total. The molecule has 152 valence electrons. The van der Waals surface area contributed by atoms with Gasteiger partial charge in [-0.3, -0.25) is 10.1 Å². The van der Waals surface area contributed by atoms with E-state index in [4.69, 9.17) is 16.3 Å². The third-order valence-corrected chi connectivity index (χ3v) is 6.05. The number of amides is 3. The first-order valence-corrected chi connectivity index (χ1v) is 9.86. The van der Waals surface area contributed by atoms with Crippen LogP contribution in [0.4, 0.5) is 4.79 Å². The number of halogens is 1. The lowest BCUT2D eigenvalue weighted by atomic mass is 9.84. The molecule has 2 N–H and O–H groups in total. The molecule has 0 aromatic heterocycles. The van der Waals surface area contributed by atoms with Crippen LogP contribution >= 0.6 is 11.6 Å². The first-order valence-electron chi connectivity index (χ1n) is 9.48. The Hall–Kier alpha value is -2.28. The Labute approximate surface area is 169 Å². The van der Waals surface area contributed by atoms with Gasteiger partial charge in [-0.1, -0.05) is 18.0 Å². The highest BCUT2D eigenvalue weighted by molar-refractivity contribution is 6.32. The fourth-order valence-corrected chi connectivity index (χ4v) is 4.66. The van der Waals surface area contributed by atoms with Gasteiger partial charge in [0.1, 0.15) is 5.75 Å². The van der Waals surface area contributed by atoms with Crippen LogP contribution in [0.1, 0.15) is 43.0 Å². The highest BCUT2D eigenvalue weighted by atomic mass is 35.5. The normalized spacial score (nSPS) is 23.8. The summed E-state index contributed by atoms with van der Waals surface area (Å²) < 4.78 is 9.95. The minimum absolute atomic E-state index is 0.0318. The van der Waals surface area contributed by atoms with Gasteiger partial charge in [0.25, 0.3) is 5.91 Å². The van der Waals surface area contributed by atoms with E-state index in [0.717, 1.165) is 12.3 Å². The van der Waals surface area contributed by atoms with Crippen molar-refractivity contribution in [3.05, 3.63) is 28.8 Å². The van der Waals surface area contributed by atoms with Crippen molar-refractivity contribution in [2.45, 2.75) is 38.6 Å². The Morgan fingerprint density at radius 2 is 2.04 bits per heavy atom. The molecule has 1 aromatic carbocycles. The molecule has 3 rings (SSSR count). The van der Waals surface area contributed by atoms with Crippen molar-refractivity contribution in [3.63, 3.8) is 0 Å². The summed E-state index contributed by atoms with van der Waals surface area (Å²) in [5, 5.41) is 5.32. The highest BCUT2D eigenvalue weighted by Gasteiger charge is 2.42. The fourth-order valence-electron chi connectivity index (χ4n) is 4.42. The number of urea groups is 1. The third kappa shape index (κ3) is 4.76. The zero-order valence-electron chi connectivity index (χ0n) is 16.0. The van der Waals surface area contributed by atoms with Crippen LogP contribution in [0.3, 0.4) is 0 Å². The standard InChI is InChI=1S/C20H25ClN2O5/c1-11(15-8-12-3-4-13(15)7-12)22-20(26)23-18(24)10-28-17-6-5-14(9-16(17)21)19(25)27-2/h5-6,9,11-13,15H,3-4,7-8,10H2,1-2H3,(H2,22,23,24,26). The molecule has 3 amide bonds. The van der Waals surface area contributed by atoms with Crippen LogP contribution < -0.4 is 15.4 Å². The number of carbonyl (C=O) groups excluding carboxylic acids is 3. The summed E-state index contributed by atoms with van der Waals surface area (Å²) in [5.41, 5.74) is 0.276. The number of hydrogen-bond acceptors (Lipinski definition) is 5. The first-order chi connectivity index (χ1) is 13.4. The van der Waals surface area contributed by atoms with Gasteiger partial charge in [0.15, 0.2) is 6.61 Å². The van der Waals surface area contributed by atoms with Gasteiger partial charge in [-0.15, -0.1) is 0 Å². The van der Waals surface area contributed by atoms with Crippen molar-refractivity contribution in [3.8, 4) is 5.75 Å². The zero-order valence-corrected chi connectivity index (χ0v) is 16.8. The Balaban J connectivity index is 1.44. The minimum atomic E-state index is -0.578. The summed E-state index contributed by atoms with van der Waals surface area (Å²) in [6, 6.07) is 3.86. The van der Waals surface area contributed by atoms with E-state index < -0.39 is 17.9 Å². The van der Waals surface area contributed by atoms with Gasteiger partial charge in [-0.25, -0.2) is 9.59 Å². The molecule has 2 bridgehead atoms. The number of imide groups is 1. The topological polar surface area (TPSA) is 93.7 Å². The predicted octanol–water partition coefficient (Wildman–Crippen LogP) is 3.16. The van der Waals surface area contributed by atoms with E-state index in [1.165, 1.54) is 44.6 Å². The molecule has 28 heavy (non-hydrogen) atoms. The van der Waals surface area contributed by atoms with Gasteiger partial charge < -0.3 is 14.8 Å². The van der Waals surface area contributed by atoms with E-state index in [9.17, 15) is 14.4 Å². The smallest absolute Gasteiger partial charge is 0.337 e. The summed E-state index contributed by atoms with van der Waals surface area (Å²) in [6.45, 7) is 1.63. The van der Waals surface area contributed by atoms with Crippen molar-refractivity contribution < 1.29 is 23.9 Å². The number of rotatable bonds is 6. The average molecular weight is 409 g/mol. The Kier molecular flexibility index (Phi) is 6.44. The summed E-state index contributed by atoms with van der Waals surface area (Å²) in [6.07, 6.45) is 4.97. The summed E-state index contributed by atoms with van der Waals surface area (Å²) in [5.74, 6) is 1.11. The number of fused-ring (bicyclic) bond motifs is 2. The van der Waals surface area contributed by atoms with Crippen LogP contribution in [-0.2, 0) is 9.53 Å². The van der Waals surface area contributed by atoms with Crippen LogP contribution in [0, 0.1) is 17.8 Å². The lowest BCUT2D eigenvalue weighted by Crippen LogP contribution is -2.48. The quantitative estimate of drug-likeness (QED) is 0.705. The number of benzene rings is 1. The number of methoxy groups -OCH3 is 1.